The van der Waals surface area contributed by atoms with Crippen LogP contribution < -0.4 is 0 Å². The van der Waals surface area contributed by atoms with E-state index in [1.807, 2.05) is 6.07 Å². The minimum Gasteiger partial charge on any atom is -0.463 e. The molecule has 8 atom stereocenters. The lowest BCUT2D eigenvalue weighted by molar-refractivity contribution is -0.164. The van der Waals surface area contributed by atoms with Crippen LogP contribution in [0.3, 0.4) is 0 Å². The highest BCUT2D eigenvalue weighted by Crippen LogP contribution is 2.68. The Balaban J connectivity index is 1.35. The van der Waals surface area contributed by atoms with Crippen LogP contribution in [0.25, 0.3) is 6.08 Å². The highest BCUT2D eigenvalue weighted by molar-refractivity contribution is 5.66. The fourth-order valence-electron chi connectivity index (χ4n) is 8.68. The lowest BCUT2D eigenvalue weighted by atomic mass is 9.44. The smallest absolute Gasteiger partial charge is 0.302 e. The maximum Gasteiger partial charge on any atom is 0.302 e. The van der Waals surface area contributed by atoms with Crippen molar-refractivity contribution >= 4 is 12.0 Å². The summed E-state index contributed by atoms with van der Waals surface area (Å²) in [5.74, 6) is 2.62. The van der Waals surface area contributed by atoms with Crippen LogP contribution in [-0.4, -0.2) is 22.8 Å². The van der Waals surface area contributed by atoms with Crippen LogP contribution in [0.1, 0.15) is 84.1 Å². The number of esters is 1. The minimum atomic E-state index is -0.705. The van der Waals surface area contributed by atoms with Crippen molar-refractivity contribution in [3.05, 3.63) is 42.0 Å². The Morgan fingerprint density at radius 1 is 1.00 bits per heavy atom. The van der Waals surface area contributed by atoms with E-state index in [1.165, 1.54) is 31.2 Å². The molecule has 0 aromatic heterocycles. The summed E-state index contributed by atoms with van der Waals surface area (Å²) in [5, 5.41) is 11.9. The first-order valence-corrected chi connectivity index (χ1v) is 12.9. The molecule has 1 N–H and O–H groups in total. The SMILES string of the molecule is CC(=O)OC1CCC2(C)C(CCC3C2CCC2(C)C3CCC2(O)C=Cc2ccccc2)C1. The second-order valence-corrected chi connectivity index (χ2v) is 11.8. The number of rotatable bonds is 3. The molecule has 0 radical (unpaired) electrons. The number of carbonyl (C=O) groups is 1. The van der Waals surface area contributed by atoms with Crippen molar-refractivity contribution in [2.75, 3.05) is 0 Å². The van der Waals surface area contributed by atoms with Gasteiger partial charge in [0.15, 0.2) is 0 Å². The molecule has 4 aliphatic carbocycles. The van der Waals surface area contributed by atoms with Gasteiger partial charge in [-0.25, -0.2) is 0 Å². The van der Waals surface area contributed by atoms with E-state index >= 15 is 0 Å². The van der Waals surface area contributed by atoms with E-state index in [9.17, 15) is 9.90 Å². The third kappa shape index (κ3) is 3.47. The summed E-state index contributed by atoms with van der Waals surface area (Å²) in [4.78, 5) is 11.5. The molecule has 4 aliphatic rings. The molecule has 0 aliphatic heterocycles. The number of aliphatic hydroxyl groups is 1. The fraction of sp³-hybridized carbons (Fsp3) is 0.690. The molecule has 0 heterocycles. The van der Waals surface area contributed by atoms with Crippen molar-refractivity contribution in [2.45, 2.75) is 90.3 Å². The zero-order chi connectivity index (χ0) is 22.6. The van der Waals surface area contributed by atoms with Gasteiger partial charge in [-0.15, -0.1) is 0 Å². The molecule has 0 amide bonds. The number of hydrogen-bond acceptors (Lipinski definition) is 3. The molecule has 8 unspecified atom stereocenters. The van der Waals surface area contributed by atoms with E-state index in [-0.39, 0.29) is 17.5 Å². The van der Waals surface area contributed by atoms with Crippen LogP contribution in [0, 0.1) is 34.5 Å². The largest absolute Gasteiger partial charge is 0.463 e. The monoisotopic (exact) mass is 436 g/mol. The van der Waals surface area contributed by atoms with E-state index in [4.69, 9.17) is 4.74 Å². The van der Waals surface area contributed by atoms with E-state index in [2.05, 4.69) is 50.3 Å². The summed E-state index contributed by atoms with van der Waals surface area (Å²) >= 11 is 0. The van der Waals surface area contributed by atoms with Gasteiger partial charge >= 0.3 is 5.97 Å². The number of benzene rings is 1. The third-order valence-corrected chi connectivity index (χ3v) is 10.5. The summed E-state index contributed by atoms with van der Waals surface area (Å²) in [6, 6.07) is 10.4. The quantitative estimate of drug-likeness (QED) is 0.557. The van der Waals surface area contributed by atoms with Crippen molar-refractivity contribution in [3.8, 4) is 0 Å². The van der Waals surface area contributed by atoms with Crippen molar-refractivity contribution in [1.82, 2.24) is 0 Å². The molecule has 5 rings (SSSR count). The van der Waals surface area contributed by atoms with Crippen molar-refractivity contribution in [2.24, 2.45) is 34.5 Å². The van der Waals surface area contributed by atoms with Crippen LogP contribution in [0.15, 0.2) is 36.4 Å². The minimum absolute atomic E-state index is 0.0302. The van der Waals surface area contributed by atoms with Gasteiger partial charge in [-0.1, -0.05) is 56.3 Å². The predicted molar refractivity (Wildman–Crippen MR) is 128 cm³/mol. The van der Waals surface area contributed by atoms with Gasteiger partial charge in [0.25, 0.3) is 0 Å². The van der Waals surface area contributed by atoms with Gasteiger partial charge < -0.3 is 9.84 Å². The normalized spacial score (nSPS) is 45.7. The molecular weight excluding hydrogens is 396 g/mol. The van der Waals surface area contributed by atoms with Crippen LogP contribution >= 0.6 is 0 Å². The zero-order valence-corrected chi connectivity index (χ0v) is 20.1. The molecule has 3 nitrogen and oxygen atoms in total. The third-order valence-electron chi connectivity index (χ3n) is 10.5. The molecule has 1 aromatic carbocycles. The molecule has 0 saturated heterocycles. The topological polar surface area (TPSA) is 46.5 Å². The Labute approximate surface area is 193 Å². The summed E-state index contributed by atoms with van der Waals surface area (Å²) in [6.07, 6.45) is 14.5. The Morgan fingerprint density at radius 2 is 1.75 bits per heavy atom. The number of fused-ring (bicyclic) bond motifs is 5. The summed E-state index contributed by atoms with van der Waals surface area (Å²) in [6.45, 7) is 6.46. The molecule has 32 heavy (non-hydrogen) atoms. The van der Waals surface area contributed by atoms with E-state index < -0.39 is 5.60 Å². The molecular formula is C29H40O3. The average Bonchev–Trinajstić information content (AvgIpc) is 3.04. The van der Waals surface area contributed by atoms with Crippen molar-refractivity contribution in [3.63, 3.8) is 0 Å². The number of ether oxygens (including phenoxy) is 1. The second-order valence-electron chi connectivity index (χ2n) is 11.8. The zero-order valence-electron chi connectivity index (χ0n) is 20.1. The standard InChI is InChI=1S/C29H40O3/c1-20(30)32-23-12-15-27(2)22(19-23)9-10-24-25(27)13-16-28(3)26(24)14-18-29(28,31)17-11-21-7-5-4-6-8-21/h4-8,11,17,22-26,31H,9-10,12-16,18-19H2,1-3H3. The number of hydrogen-bond donors (Lipinski definition) is 1. The molecule has 1 aromatic rings. The average molecular weight is 437 g/mol. The van der Waals surface area contributed by atoms with Gasteiger partial charge in [0.1, 0.15) is 6.10 Å². The maximum absolute atomic E-state index is 11.9. The van der Waals surface area contributed by atoms with Crippen molar-refractivity contribution in [1.29, 1.82) is 0 Å². The van der Waals surface area contributed by atoms with E-state index in [0.717, 1.165) is 43.9 Å². The van der Waals surface area contributed by atoms with Gasteiger partial charge in [0, 0.05) is 12.3 Å². The maximum atomic E-state index is 11.9. The molecule has 4 fully saturated rings. The Kier molecular flexibility index (Phi) is 5.55. The molecule has 4 saturated carbocycles. The van der Waals surface area contributed by atoms with Crippen molar-refractivity contribution < 1.29 is 14.6 Å². The lowest BCUT2D eigenvalue weighted by Gasteiger charge is -2.61. The summed E-state index contributed by atoms with van der Waals surface area (Å²) in [5.41, 5.74) is 0.793. The van der Waals surface area contributed by atoms with Gasteiger partial charge in [-0.05, 0) is 92.4 Å². The van der Waals surface area contributed by atoms with E-state index in [0.29, 0.717) is 17.3 Å². The Morgan fingerprint density at radius 3 is 2.50 bits per heavy atom. The fourth-order valence-corrected chi connectivity index (χ4v) is 8.68. The van der Waals surface area contributed by atoms with Gasteiger partial charge in [0.2, 0.25) is 0 Å². The van der Waals surface area contributed by atoms with Crippen LogP contribution in [0.4, 0.5) is 0 Å². The lowest BCUT2D eigenvalue weighted by Crippen LogP contribution is -2.56. The van der Waals surface area contributed by atoms with Crippen LogP contribution in [0.5, 0.6) is 0 Å². The highest BCUT2D eigenvalue weighted by atomic mass is 16.5. The van der Waals surface area contributed by atoms with E-state index in [1.54, 1.807) is 6.92 Å². The van der Waals surface area contributed by atoms with Gasteiger partial charge in [0.05, 0.1) is 5.60 Å². The highest BCUT2D eigenvalue weighted by Gasteiger charge is 2.64. The Bertz CT molecular complexity index is 878. The number of carbonyl (C=O) groups excluding carboxylic acids is 1. The Hall–Kier alpha value is -1.61. The van der Waals surface area contributed by atoms with Gasteiger partial charge in [-0.2, -0.15) is 0 Å². The molecule has 3 heteroatoms. The summed E-state index contributed by atoms with van der Waals surface area (Å²) in [7, 11) is 0. The predicted octanol–water partition coefficient (Wildman–Crippen LogP) is 6.41. The molecule has 0 bridgehead atoms. The first-order chi connectivity index (χ1) is 15.3. The molecule has 174 valence electrons. The second kappa shape index (κ2) is 8.01. The first-order valence-electron chi connectivity index (χ1n) is 12.9. The summed E-state index contributed by atoms with van der Waals surface area (Å²) < 4.78 is 5.62. The van der Waals surface area contributed by atoms with Crippen LogP contribution in [-0.2, 0) is 9.53 Å². The molecule has 0 spiro atoms. The van der Waals surface area contributed by atoms with Gasteiger partial charge in [-0.3, -0.25) is 4.79 Å². The first kappa shape index (κ1) is 22.2. The van der Waals surface area contributed by atoms with Crippen LogP contribution in [0.2, 0.25) is 0 Å².